The Morgan fingerprint density at radius 1 is 0.255 bits per heavy atom. The van der Waals surface area contributed by atoms with Gasteiger partial charge in [0.05, 0.1) is 38.8 Å². The summed E-state index contributed by atoms with van der Waals surface area (Å²) < 4.78 is 18.4. The highest BCUT2D eigenvalue weighted by Crippen LogP contribution is 2.48. The number of oxazole rings is 2. The second-order valence-corrected chi connectivity index (χ2v) is 26.1. The van der Waals surface area contributed by atoms with Crippen LogP contribution < -0.4 is 9.80 Å². The van der Waals surface area contributed by atoms with Crippen molar-refractivity contribution >= 4 is 121 Å². The molecule has 0 bridgehead atoms. The number of fused-ring (bicyclic) bond motifs is 12. The maximum atomic E-state index is 7.14. The fourth-order valence-corrected chi connectivity index (χ4v) is 15.4. The highest BCUT2D eigenvalue weighted by atomic mass is 16.4. The Labute approximate surface area is 587 Å². The van der Waals surface area contributed by atoms with Gasteiger partial charge in [0.1, 0.15) is 11.0 Å². The van der Waals surface area contributed by atoms with E-state index in [0.29, 0.717) is 11.8 Å². The first kappa shape index (κ1) is 58.3. The second kappa shape index (κ2) is 24.0. The molecule has 8 nitrogen and oxygen atoms in total. The zero-order valence-corrected chi connectivity index (χ0v) is 55.1. The van der Waals surface area contributed by atoms with Crippen molar-refractivity contribution in [1.82, 2.24) is 19.1 Å². The van der Waals surface area contributed by atoms with E-state index in [0.717, 1.165) is 172 Å². The summed E-state index contributed by atoms with van der Waals surface area (Å²) in [5.41, 5.74) is 24.3. The molecule has 4 heterocycles. The van der Waals surface area contributed by atoms with Gasteiger partial charge in [-0.25, -0.2) is 9.97 Å². The van der Waals surface area contributed by atoms with Crippen LogP contribution in [0.1, 0.15) is 0 Å². The summed E-state index contributed by atoms with van der Waals surface area (Å²) in [5, 5.41) is 8.73. The van der Waals surface area contributed by atoms with Gasteiger partial charge in [-0.15, -0.1) is 0 Å². The lowest BCUT2D eigenvalue weighted by molar-refractivity contribution is 0.620. The molecule has 0 radical (unpaired) electrons. The standard InChI is InChI=1S/C94H60N6O2/c1-5-22-61(23-6-1)68-31-18-36-73(57-68)97(86-42-20-28-64-47-55-88-91(89(64)86)96-93(101-88)66-26-9-3-10-27-66)75-50-54-85-80(59-75)78-39-14-16-41-83(78)100(85)72-48-44-63(45-49-72)67-30-17-33-70(56-67)94-95-81-52-46-65-29-21-43-87(90(65)92(81)102-94)98(74-37-19-32-69(58-74)62-24-7-2-8-25-62)76-51-53-84-79(60-76)77-38-13-15-40-82(77)99(84)71-34-11-4-12-35-71/h1-60H. The van der Waals surface area contributed by atoms with Crippen LogP contribution in [0.5, 0.6) is 0 Å². The van der Waals surface area contributed by atoms with E-state index in [1.165, 1.54) is 5.39 Å². The summed E-state index contributed by atoms with van der Waals surface area (Å²) in [5.74, 6) is 1.14. The highest BCUT2D eigenvalue weighted by Gasteiger charge is 2.26. The van der Waals surface area contributed by atoms with Crippen molar-refractivity contribution in [2.75, 3.05) is 9.80 Å². The first-order chi connectivity index (χ1) is 50.6. The van der Waals surface area contributed by atoms with Crippen LogP contribution in [0.15, 0.2) is 373 Å². The van der Waals surface area contributed by atoms with E-state index in [-0.39, 0.29) is 0 Å². The van der Waals surface area contributed by atoms with E-state index >= 15 is 0 Å². The summed E-state index contributed by atoms with van der Waals surface area (Å²) in [4.78, 5) is 15.3. The largest absolute Gasteiger partial charge is 0.436 e. The Morgan fingerprint density at radius 3 is 1.28 bits per heavy atom. The van der Waals surface area contributed by atoms with Gasteiger partial charge in [0.25, 0.3) is 0 Å². The second-order valence-electron chi connectivity index (χ2n) is 26.1. The molecule has 20 aromatic rings. The van der Waals surface area contributed by atoms with E-state index in [9.17, 15) is 0 Å². The Morgan fingerprint density at radius 2 is 0.686 bits per heavy atom. The van der Waals surface area contributed by atoms with E-state index in [2.05, 4.69) is 347 Å². The predicted molar refractivity (Wildman–Crippen MR) is 422 cm³/mol. The van der Waals surface area contributed by atoms with Crippen LogP contribution in [0.25, 0.3) is 155 Å². The molecule has 0 spiro atoms. The first-order valence-corrected chi connectivity index (χ1v) is 34.5. The predicted octanol–water partition coefficient (Wildman–Crippen LogP) is 25.7. The van der Waals surface area contributed by atoms with Gasteiger partial charge in [0.15, 0.2) is 11.2 Å². The van der Waals surface area contributed by atoms with E-state index < -0.39 is 0 Å². The topological polar surface area (TPSA) is 68.4 Å². The third-order valence-electron chi connectivity index (χ3n) is 20.1. The van der Waals surface area contributed by atoms with Gasteiger partial charge in [0.2, 0.25) is 11.8 Å². The van der Waals surface area contributed by atoms with Gasteiger partial charge in [-0.1, -0.05) is 218 Å². The molecule has 0 amide bonds. The van der Waals surface area contributed by atoms with Crippen LogP contribution in [0.3, 0.4) is 0 Å². The number of anilines is 6. The first-order valence-electron chi connectivity index (χ1n) is 34.5. The third kappa shape index (κ3) is 9.83. The quantitative estimate of drug-likeness (QED) is 0.115. The molecular formula is C94H60N6O2. The molecule has 16 aromatic carbocycles. The number of rotatable bonds is 13. The summed E-state index contributed by atoms with van der Waals surface area (Å²) >= 11 is 0. The lowest BCUT2D eigenvalue weighted by Crippen LogP contribution is -2.11. The van der Waals surface area contributed by atoms with Gasteiger partial charge >= 0.3 is 0 Å². The van der Waals surface area contributed by atoms with Gasteiger partial charge in [0, 0.05) is 72.2 Å². The Bertz CT molecular complexity index is 6630. The molecule has 0 N–H and O–H groups in total. The van der Waals surface area contributed by atoms with Crippen molar-refractivity contribution in [1.29, 1.82) is 0 Å². The molecule has 0 saturated heterocycles. The van der Waals surface area contributed by atoms with Crippen molar-refractivity contribution in [3.63, 3.8) is 0 Å². The molecule has 4 aromatic heterocycles. The minimum atomic E-state index is 0.551. The lowest BCUT2D eigenvalue weighted by Gasteiger charge is -2.27. The van der Waals surface area contributed by atoms with Crippen molar-refractivity contribution < 1.29 is 8.83 Å². The smallest absolute Gasteiger partial charge is 0.227 e. The molecule has 102 heavy (non-hydrogen) atoms. The maximum Gasteiger partial charge on any atom is 0.227 e. The minimum Gasteiger partial charge on any atom is -0.436 e. The number of nitrogens with zero attached hydrogens (tertiary/aromatic N) is 6. The molecule has 20 rings (SSSR count). The van der Waals surface area contributed by atoms with Crippen molar-refractivity contribution in [3.8, 4) is 67.7 Å². The van der Waals surface area contributed by atoms with Crippen molar-refractivity contribution in [2.45, 2.75) is 0 Å². The van der Waals surface area contributed by atoms with Crippen LogP contribution in [0.4, 0.5) is 34.1 Å². The molecule has 8 heteroatoms. The number of hydrogen-bond acceptors (Lipinski definition) is 6. The van der Waals surface area contributed by atoms with E-state index in [1.54, 1.807) is 0 Å². The Balaban J connectivity index is 0.674. The lowest BCUT2D eigenvalue weighted by atomic mass is 10.0. The number of aromatic nitrogens is 4. The van der Waals surface area contributed by atoms with Crippen LogP contribution in [0, 0.1) is 0 Å². The zero-order valence-electron chi connectivity index (χ0n) is 55.1. The molecular weight excluding hydrogens is 1250 g/mol. The van der Waals surface area contributed by atoms with E-state index in [4.69, 9.17) is 18.8 Å². The molecule has 478 valence electrons. The Hall–Kier alpha value is -13.8. The maximum absolute atomic E-state index is 7.14. The molecule has 0 fully saturated rings. The van der Waals surface area contributed by atoms with Gasteiger partial charge in [-0.05, 0) is 190 Å². The monoisotopic (exact) mass is 1300 g/mol. The molecule has 0 saturated carbocycles. The van der Waals surface area contributed by atoms with Crippen LogP contribution >= 0.6 is 0 Å². The summed E-state index contributed by atoms with van der Waals surface area (Å²) in [7, 11) is 0. The summed E-state index contributed by atoms with van der Waals surface area (Å²) in [6.45, 7) is 0. The molecule has 0 aliphatic carbocycles. The SMILES string of the molecule is c1ccc(-c2cccc(N(c3ccc4c(c3)c3ccccc3n4-c3ccc(-c4cccc(-c5nc6ccc7cccc(N(c8cccc(-c9ccccc9)c8)c8ccc9c(c8)c8ccccc8n9-c8ccccc8)c7c6o5)c4)cc3)c3cccc4ccc5oc(-c6ccccc6)nc5c34)c2)cc1. The summed E-state index contributed by atoms with van der Waals surface area (Å²) in [6, 6.07) is 130. The van der Waals surface area contributed by atoms with Gasteiger partial charge in [-0.3, -0.25) is 0 Å². The zero-order chi connectivity index (χ0) is 67.2. The van der Waals surface area contributed by atoms with Gasteiger partial charge < -0.3 is 27.8 Å². The van der Waals surface area contributed by atoms with E-state index in [1.807, 2.05) is 36.4 Å². The molecule has 0 aliphatic rings. The normalized spacial score (nSPS) is 11.7. The average Bonchev–Trinajstić information content (AvgIpc) is 1.51. The number of para-hydroxylation sites is 3. The van der Waals surface area contributed by atoms with Gasteiger partial charge in [-0.2, -0.15) is 0 Å². The number of benzene rings is 16. The van der Waals surface area contributed by atoms with Crippen LogP contribution in [-0.2, 0) is 0 Å². The third-order valence-corrected chi connectivity index (χ3v) is 20.1. The molecule has 0 unspecified atom stereocenters. The van der Waals surface area contributed by atoms with Crippen molar-refractivity contribution in [3.05, 3.63) is 364 Å². The fraction of sp³-hybridized carbons (Fsp3) is 0. The molecule has 0 atom stereocenters. The number of hydrogen-bond donors (Lipinski definition) is 0. The van der Waals surface area contributed by atoms with Crippen LogP contribution in [-0.4, -0.2) is 19.1 Å². The fourth-order valence-electron chi connectivity index (χ4n) is 15.4. The Kier molecular flexibility index (Phi) is 13.7. The van der Waals surface area contributed by atoms with Crippen LogP contribution in [0.2, 0.25) is 0 Å². The summed E-state index contributed by atoms with van der Waals surface area (Å²) in [6.07, 6.45) is 0. The highest BCUT2D eigenvalue weighted by molar-refractivity contribution is 6.17. The van der Waals surface area contributed by atoms with Crippen molar-refractivity contribution in [2.24, 2.45) is 0 Å². The average molecular weight is 1310 g/mol. The molecule has 0 aliphatic heterocycles. The minimum absolute atomic E-state index is 0.551.